The van der Waals surface area contributed by atoms with E-state index in [4.69, 9.17) is 4.42 Å². The van der Waals surface area contributed by atoms with Crippen LogP contribution in [0.5, 0.6) is 0 Å². The third kappa shape index (κ3) is 5.33. The minimum atomic E-state index is -3.81. The Morgan fingerprint density at radius 2 is 1.86 bits per heavy atom. The lowest BCUT2D eigenvalue weighted by atomic mass is 10.3. The summed E-state index contributed by atoms with van der Waals surface area (Å²) >= 11 is 1.44. The Kier molecular flexibility index (Phi) is 6.32. The summed E-state index contributed by atoms with van der Waals surface area (Å²) in [5, 5.41) is 2.47. The monoisotopic (exact) mass is 418 g/mol. The second kappa shape index (κ2) is 8.89. The summed E-state index contributed by atoms with van der Waals surface area (Å²) in [6.07, 6.45) is 4.47. The van der Waals surface area contributed by atoms with E-state index in [0.29, 0.717) is 11.4 Å². The Balaban J connectivity index is 1.58. The zero-order chi connectivity index (χ0) is 20.0. The molecule has 3 aromatic rings. The van der Waals surface area contributed by atoms with Crippen molar-refractivity contribution >= 4 is 39.3 Å². The molecule has 3 rings (SSSR count). The van der Waals surface area contributed by atoms with Gasteiger partial charge < -0.3 is 9.73 Å². The number of benzene rings is 1. The van der Waals surface area contributed by atoms with Crippen molar-refractivity contribution in [3.8, 4) is 0 Å². The summed E-state index contributed by atoms with van der Waals surface area (Å²) < 4.78 is 32.2. The molecule has 8 nitrogen and oxygen atoms in total. The van der Waals surface area contributed by atoms with Crippen LogP contribution in [0.4, 0.5) is 11.6 Å². The van der Waals surface area contributed by atoms with Crippen LogP contribution in [-0.4, -0.2) is 29.5 Å². The SMILES string of the molecule is CC(SCc1ccco1)C(=O)Nc1ccc(S(=O)(=O)Nc2ncccn2)cc1. The highest BCUT2D eigenvalue weighted by molar-refractivity contribution is 7.99. The molecule has 0 saturated heterocycles. The van der Waals surface area contributed by atoms with Crippen molar-refractivity contribution in [2.24, 2.45) is 0 Å². The first-order chi connectivity index (χ1) is 13.4. The Hall–Kier alpha value is -2.85. The molecule has 2 aromatic heterocycles. The smallest absolute Gasteiger partial charge is 0.264 e. The number of rotatable bonds is 8. The second-order valence-corrected chi connectivity index (χ2v) is 8.74. The molecule has 0 saturated carbocycles. The molecule has 1 atom stereocenters. The lowest BCUT2D eigenvalue weighted by molar-refractivity contribution is -0.115. The largest absolute Gasteiger partial charge is 0.468 e. The van der Waals surface area contributed by atoms with Gasteiger partial charge in [0.15, 0.2) is 0 Å². The molecule has 0 spiro atoms. The van der Waals surface area contributed by atoms with Gasteiger partial charge in [0.1, 0.15) is 5.76 Å². The van der Waals surface area contributed by atoms with E-state index in [-0.39, 0.29) is 22.0 Å². The van der Waals surface area contributed by atoms with Gasteiger partial charge in [-0.2, -0.15) is 0 Å². The number of nitrogens with zero attached hydrogens (tertiary/aromatic N) is 2. The average Bonchev–Trinajstić information content (AvgIpc) is 3.20. The van der Waals surface area contributed by atoms with Gasteiger partial charge in [-0.3, -0.25) is 4.79 Å². The Morgan fingerprint density at radius 3 is 2.50 bits per heavy atom. The summed E-state index contributed by atoms with van der Waals surface area (Å²) in [5.41, 5.74) is 0.505. The van der Waals surface area contributed by atoms with Gasteiger partial charge in [0.05, 0.1) is 22.2 Å². The number of aromatic nitrogens is 2. The van der Waals surface area contributed by atoms with Gasteiger partial charge in [0, 0.05) is 18.1 Å². The van der Waals surface area contributed by atoms with Crippen molar-refractivity contribution in [2.45, 2.75) is 22.8 Å². The first kappa shape index (κ1) is 19.9. The minimum Gasteiger partial charge on any atom is -0.468 e. The zero-order valence-corrected chi connectivity index (χ0v) is 16.5. The minimum absolute atomic E-state index is 0.0118. The number of amides is 1. The van der Waals surface area contributed by atoms with Crippen molar-refractivity contribution in [3.63, 3.8) is 0 Å². The number of carbonyl (C=O) groups is 1. The fourth-order valence-electron chi connectivity index (χ4n) is 2.17. The fourth-order valence-corrected chi connectivity index (χ4v) is 3.92. The number of thioether (sulfide) groups is 1. The first-order valence-corrected chi connectivity index (χ1v) is 10.8. The molecular weight excluding hydrogens is 400 g/mol. The average molecular weight is 419 g/mol. The van der Waals surface area contributed by atoms with E-state index in [1.54, 1.807) is 25.3 Å². The fraction of sp³-hybridized carbons (Fsp3) is 0.167. The molecule has 10 heteroatoms. The lowest BCUT2D eigenvalue weighted by Gasteiger charge is -2.12. The van der Waals surface area contributed by atoms with Gasteiger partial charge in [0.2, 0.25) is 11.9 Å². The van der Waals surface area contributed by atoms with Crippen LogP contribution in [0.2, 0.25) is 0 Å². The molecule has 1 aromatic carbocycles. The third-order valence-corrected chi connectivity index (χ3v) is 6.16. The number of sulfonamides is 1. The topological polar surface area (TPSA) is 114 Å². The van der Waals surface area contributed by atoms with Gasteiger partial charge in [-0.1, -0.05) is 0 Å². The van der Waals surface area contributed by atoms with Crippen LogP contribution < -0.4 is 10.0 Å². The maximum Gasteiger partial charge on any atom is 0.264 e. The predicted octanol–water partition coefficient (Wildman–Crippen LogP) is 3.13. The predicted molar refractivity (Wildman–Crippen MR) is 107 cm³/mol. The van der Waals surface area contributed by atoms with Crippen LogP contribution >= 0.6 is 11.8 Å². The molecule has 0 fully saturated rings. The molecule has 0 aliphatic rings. The van der Waals surface area contributed by atoms with Crippen molar-refractivity contribution in [2.75, 3.05) is 10.0 Å². The van der Waals surface area contributed by atoms with Crippen LogP contribution in [0.3, 0.4) is 0 Å². The molecule has 0 radical (unpaired) electrons. The van der Waals surface area contributed by atoms with Gasteiger partial charge >= 0.3 is 0 Å². The molecule has 0 aliphatic heterocycles. The van der Waals surface area contributed by atoms with E-state index in [0.717, 1.165) is 5.76 Å². The molecule has 146 valence electrons. The molecule has 28 heavy (non-hydrogen) atoms. The standard InChI is InChI=1S/C18H18N4O4S2/c1-13(27-12-15-4-2-11-26-15)17(23)21-14-5-7-16(8-6-14)28(24,25)22-18-19-9-3-10-20-18/h2-11,13H,12H2,1H3,(H,21,23)(H,19,20,22). The van der Waals surface area contributed by atoms with Crippen molar-refractivity contribution in [1.29, 1.82) is 0 Å². The number of carbonyl (C=O) groups excluding carboxylic acids is 1. The van der Waals surface area contributed by atoms with E-state index in [1.807, 2.05) is 6.07 Å². The highest BCUT2D eigenvalue weighted by Crippen LogP contribution is 2.21. The van der Waals surface area contributed by atoms with Gasteiger partial charge in [-0.15, -0.1) is 11.8 Å². The summed E-state index contributed by atoms with van der Waals surface area (Å²) in [6, 6.07) is 11.1. The number of hydrogen-bond donors (Lipinski definition) is 2. The van der Waals surface area contributed by atoms with Gasteiger partial charge in [0.25, 0.3) is 10.0 Å². The van der Waals surface area contributed by atoms with Crippen LogP contribution in [0.25, 0.3) is 0 Å². The molecule has 0 aliphatic carbocycles. The molecule has 2 heterocycles. The molecule has 2 N–H and O–H groups in total. The molecule has 1 amide bonds. The third-order valence-electron chi connectivity index (χ3n) is 3.65. The number of nitrogens with one attached hydrogen (secondary N) is 2. The van der Waals surface area contributed by atoms with Gasteiger partial charge in [-0.25, -0.2) is 23.1 Å². The maximum absolute atomic E-state index is 12.4. The lowest BCUT2D eigenvalue weighted by Crippen LogP contribution is -2.22. The Morgan fingerprint density at radius 1 is 1.14 bits per heavy atom. The number of hydrogen-bond acceptors (Lipinski definition) is 7. The van der Waals surface area contributed by atoms with E-state index in [1.165, 1.54) is 48.4 Å². The highest BCUT2D eigenvalue weighted by Gasteiger charge is 2.17. The maximum atomic E-state index is 12.4. The quantitative estimate of drug-likeness (QED) is 0.577. The zero-order valence-electron chi connectivity index (χ0n) is 14.9. The summed E-state index contributed by atoms with van der Waals surface area (Å²) in [4.78, 5) is 20.0. The van der Waals surface area contributed by atoms with E-state index >= 15 is 0 Å². The number of furan rings is 1. The normalized spacial score (nSPS) is 12.3. The number of anilines is 2. The van der Waals surface area contributed by atoms with Crippen LogP contribution in [0.15, 0.2) is 70.4 Å². The van der Waals surface area contributed by atoms with E-state index in [9.17, 15) is 13.2 Å². The Labute approximate surface area is 166 Å². The van der Waals surface area contributed by atoms with E-state index < -0.39 is 10.0 Å². The van der Waals surface area contributed by atoms with Crippen molar-refractivity contribution in [3.05, 3.63) is 66.9 Å². The summed E-state index contributed by atoms with van der Waals surface area (Å²) in [5.74, 6) is 1.20. The second-order valence-electron chi connectivity index (χ2n) is 5.72. The van der Waals surface area contributed by atoms with Crippen LogP contribution in [0, 0.1) is 0 Å². The highest BCUT2D eigenvalue weighted by atomic mass is 32.2. The molecular formula is C18H18N4O4S2. The van der Waals surface area contributed by atoms with Crippen molar-refractivity contribution in [1.82, 2.24) is 9.97 Å². The summed E-state index contributed by atoms with van der Waals surface area (Å²) in [6.45, 7) is 1.80. The molecule has 1 unspecified atom stereocenters. The van der Waals surface area contributed by atoms with Crippen LogP contribution in [-0.2, 0) is 20.6 Å². The van der Waals surface area contributed by atoms with Gasteiger partial charge in [-0.05, 0) is 49.4 Å². The van der Waals surface area contributed by atoms with E-state index in [2.05, 4.69) is 20.0 Å². The van der Waals surface area contributed by atoms with Crippen LogP contribution in [0.1, 0.15) is 12.7 Å². The van der Waals surface area contributed by atoms with Crippen molar-refractivity contribution < 1.29 is 17.6 Å². The molecule has 0 bridgehead atoms. The summed E-state index contributed by atoms with van der Waals surface area (Å²) in [7, 11) is -3.81. The Bertz CT molecular complexity index is 1010. The first-order valence-electron chi connectivity index (χ1n) is 8.29.